The van der Waals surface area contributed by atoms with Crippen LogP contribution < -0.4 is 15.4 Å². The summed E-state index contributed by atoms with van der Waals surface area (Å²) in [6.45, 7) is -1.30. The van der Waals surface area contributed by atoms with E-state index in [2.05, 4.69) is 15.4 Å². The number of carboxylic acid groups (broad SMARTS) is 1. The highest BCUT2D eigenvalue weighted by molar-refractivity contribution is 5.92. The van der Waals surface area contributed by atoms with Gasteiger partial charge in [-0.25, -0.2) is 9.59 Å². The van der Waals surface area contributed by atoms with Crippen LogP contribution in [0, 0.1) is 0 Å². The first-order valence-corrected chi connectivity index (χ1v) is 5.77. The molecule has 0 aliphatic heterocycles. The minimum atomic E-state index is -2.92. The number of benzene rings is 1. The molecule has 0 radical (unpaired) electrons. The Balaban J connectivity index is 2.55. The van der Waals surface area contributed by atoms with E-state index in [0.717, 1.165) is 0 Å². The van der Waals surface area contributed by atoms with Crippen molar-refractivity contribution in [3.63, 3.8) is 0 Å². The number of ether oxygens (including phenoxy) is 1. The van der Waals surface area contributed by atoms with Gasteiger partial charge in [-0.15, -0.1) is 0 Å². The number of halogens is 2. The Labute approximate surface area is 113 Å². The van der Waals surface area contributed by atoms with Gasteiger partial charge in [0.05, 0.1) is 0 Å². The number of urea groups is 1. The first kappa shape index (κ1) is 15.7. The molecule has 0 aliphatic rings. The fourth-order valence-electron chi connectivity index (χ4n) is 1.38. The van der Waals surface area contributed by atoms with E-state index in [1.54, 1.807) is 6.92 Å². The molecule has 0 saturated heterocycles. The summed E-state index contributed by atoms with van der Waals surface area (Å²) in [5, 5.41) is 13.4. The van der Waals surface area contributed by atoms with Crippen LogP contribution in [0.3, 0.4) is 0 Å². The monoisotopic (exact) mass is 288 g/mol. The number of carbonyl (C=O) groups excluding carboxylic acids is 1. The highest BCUT2D eigenvalue weighted by atomic mass is 19.3. The molecular formula is C12H14F2N2O4. The number of nitrogens with one attached hydrogen (secondary N) is 2. The van der Waals surface area contributed by atoms with Gasteiger partial charge in [0, 0.05) is 5.69 Å². The molecule has 0 unspecified atom stereocenters. The predicted octanol–water partition coefficient (Wildman–Crippen LogP) is 2.27. The molecule has 6 nitrogen and oxygen atoms in total. The fraction of sp³-hybridized carbons (Fsp3) is 0.333. The Kier molecular flexibility index (Phi) is 5.70. The average molecular weight is 288 g/mol. The molecule has 3 N–H and O–H groups in total. The molecule has 1 atom stereocenters. The maximum absolute atomic E-state index is 11.9. The molecule has 0 aliphatic carbocycles. The number of carboxylic acids is 1. The minimum absolute atomic E-state index is 0.0390. The fourth-order valence-corrected chi connectivity index (χ4v) is 1.38. The molecule has 0 saturated carbocycles. The molecule has 0 spiro atoms. The summed E-state index contributed by atoms with van der Waals surface area (Å²) >= 11 is 0. The normalized spacial score (nSPS) is 11.8. The highest BCUT2D eigenvalue weighted by Gasteiger charge is 2.17. The van der Waals surface area contributed by atoms with Crippen molar-refractivity contribution in [3.8, 4) is 5.75 Å². The predicted molar refractivity (Wildman–Crippen MR) is 66.9 cm³/mol. The van der Waals surface area contributed by atoms with Crippen molar-refractivity contribution in [2.24, 2.45) is 0 Å². The summed E-state index contributed by atoms with van der Waals surface area (Å²) in [6.07, 6.45) is 0.240. The first-order chi connectivity index (χ1) is 9.42. The molecule has 8 heteroatoms. The highest BCUT2D eigenvalue weighted by Crippen LogP contribution is 2.17. The zero-order chi connectivity index (χ0) is 15.1. The average Bonchev–Trinajstić information content (AvgIpc) is 2.37. The third-order valence-electron chi connectivity index (χ3n) is 2.35. The van der Waals surface area contributed by atoms with Crippen LogP contribution in [0.5, 0.6) is 5.75 Å². The van der Waals surface area contributed by atoms with Crippen LogP contribution >= 0.6 is 0 Å². The quantitative estimate of drug-likeness (QED) is 0.749. The maximum Gasteiger partial charge on any atom is 0.387 e. The number of alkyl halides is 2. The summed E-state index contributed by atoms with van der Waals surface area (Å²) in [5.41, 5.74) is 0.323. The molecule has 0 bridgehead atoms. The second-order valence-corrected chi connectivity index (χ2v) is 3.80. The SMILES string of the molecule is CC[C@H](NC(=O)Nc1ccc(OC(F)F)cc1)C(=O)O. The lowest BCUT2D eigenvalue weighted by atomic mass is 10.2. The number of hydrogen-bond acceptors (Lipinski definition) is 3. The summed E-state index contributed by atoms with van der Waals surface area (Å²) in [7, 11) is 0. The lowest BCUT2D eigenvalue weighted by molar-refractivity contribution is -0.139. The van der Waals surface area contributed by atoms with Crippen molar-refractivity contribution < 1.29 is 28.2 Å². The van der Waals surface area contributed by atoms with Crippen LogP contribution in [-0.2, 0) is 4.79 Å². The van der Waals surface area contributed by atoms with Gasteiger partial charge in [0.1, 0.15) is 11.8 Å². The Bertz CT molecular complexity index is 465. The molecule has 0 aromatic heterocycles. The lowest BCUT2D eigenvalue weighted by Gasteiger charge is -2.13. The number of amides is 2. The van der Waals surface area contributed by atoms with E-state index in [1.807, 2.05) is 0 Å². The van der Waals surface area contributed by atoms with Gasteiger partial charge in [-0.3, -0.25) is 0 Å². The van der Waals surface area contributed by atoms with E-state index >= 15 is 0 Å². The number of anilines is 1. The summed E-state index contributed by atoms with van der Waals surface area (Å²) in [5.74, 6) is -1.17. The van der Waals surface area contributed by atoms with Gasteiger partial charge >= 0.3 is 18.6 Å². The largest absolute Gasteiger partial charge is 0.480 e. The van der Waals surface area contributed by atoms with E-state index in [-0.39, 0.29) is 12.2 Å². The van der Waals surface area contributed by atoms with E-state index < -0.39 is 24.7 Å². The summed E-state index contributed by atoms with van der Waals surface area (Å²) in [6, 6.07) is 3.56. The minimum Gasteiger partial charge on any atom is -0.480 e. The summed E-state index contributed by atoms with van der Waals surface area (Å²) < 4.78 is 28.0. The molecule has 20 heavy (non-hydrogen) atoms. The number of hydrogen-bond donors (Lipinski definition) is 3. The first-order valence-electron chi connectivity index (χ1n) is 5.77. The van der Waals surface area contributed by atoms with Crippen LogP contribution in [0.1, 0.15) is 13.3 Å². The van der Waals surface area contributed by atoms with Crippen molar-refractivity contribution >= 4 is 17.7 Å². The van der Waals surface area contributed by atoms with E-state index in [4.69, 9.17) is 5.11 Å². The van der Waals surface area contributed by atoms with Gasteiger partial charge < -0.3 is 20.5 Å². The second-order valence-electron chi connectivity index (χ2n) is 3.80. The molecule has 1 aromatic rings. The summed E-state index contributed by atoms with van der Waals surface area (Å²) in [4.78, 5) is 22.2. The van der Waals surface area contributed by atoms with Crippen molar-refractivity contribution in [1.29, 1.82) is 0 Å². The van der Waals surface area contributed by atoms with Crippen molar-refractivity contribution in [3.05, 3.63) is 24.3 Å². The molecule has 0 fully saturated rings. The van der Waals surface area contributed by atoms with Crippen molar-refractivity contribution in [2.75, 3.05) is 5.32 Å². The van der Waals surface area contributed by atoms with Gasteiger partial charge in [-0.05, 0) is 30.7 Å². The number of aliphatic carboxylic acids is 1. The Morgan fingerprint density at radius 3 is 2.35 bits per heavy atom. The van der Waals surface area contributed by atoms with Crippen LogP contribution in [0.2, 0.25) is 0 Å². The zero-order valence-electron chi connectivity index (χ0n) is 10.6. The Morgan fingerprint density at radius 1 is 1.30 bits per heavy atom. The van der Waals surface area contributed by atoms with Gasteiger partial charge in [0.25, 0.3) is 0 Å². The van der Waals surface area contributed by atoms with Crippen LogP contribution in [0.15, 0.2) is 24.3 Å². The molecule has 0 heterocycles. The van der Waals surface area contributed by atoms with Crippen LogP contribution in [0.25, 0.3) is 0 Å². The third kappa shape index (κ3) is 5.09. The molecular weight excluding hydrogens is 274 g/mol. The van der Waals surface area contributed by atoms with Crippen molar-refractivity contribution in [2.45, 2.75) is 26.0 Å². The van der Waals surface area contributed by atoms with Gasteiger partial charge in [0.2, 0.25) is 0 Å². The van der Waals surface area contributed by atoms with Gasteiger partial charge in [-0.1, -0.05) is 6.92 Å². The zero-order valence-corrected chi connectivity index (χ0v) is 10.6. The maximum atomic E-state index is 11.9. The van der Waals surface area contributed by atoms with Crippen molar-refractivity contribution in [1.82, 2.24) is 5.32 Å². The molecule has 1 rings (SSSR count). The lowest BCUT2D eigenvalue weighted by Crippen LogP contribution is -2.42. The van der Waals surface area contributed by atoms with E-state index in [1.165, 1.54) is 24.3 Å². The molecule has 1 aromatic carbocycles. The van der Waals surface area contributed by atoms with E-state index in [9.17, 15) is 18.4 Å². The van der Waals surface area contributed by atoms with E-state index in [0.29, 0.717) is 5.69 Å². The van der Waals surface area contributed by atoms with Gasteiger partial charge in [-0.2, -0.15) is 8.78 Å². The number of rotatable bonds is 6. The molecule has 110 valence electrons. The number of carbonyl (C=O) groups is 2. The molecule has 2 amide bonds. The topological polar surface area (TPSA) is 87.7 Å². The Morgan fingerprint density at radius 2 is 1.90 bits per heavy atom. The standard InChI is InChI=1S/C12H14F2N2O4/c1-2-9(10(17)18)16-12(19)15-7-3-5-8(6-4-7)20-11(13)14/h3-6,9,11H,2H2,1H3,(H,17,18)(H2,15,16,19)/t9-/m0/s1. The van der Waals surface area contributed by atoms with Gasteiger partial charge in [0.15, 0.2) is 0 Å². The van der Waals surface area contributed by atoms with Crippen LogP contribution in [-0.4, -0.2) is 29.8 Å². The van der Waals surface area contributed by atoms with Crippen LogP contribution in [0.4, 0.5) is 19.3 Å². The Hall–Kier alpha value is -2.38. The second kappa shape index (κ2) is 7.27. The third-order valence-corrected chi connectivity index (χ3v) is 2.35. The smallest absolute Gasteiger partial charge is 0.387 e.